The Labute approximate surface area is 135 Å². The standard InChI is InChI=1S/C18H28NO.ClH/c1-14-12-19(6,13-15-10-8-7-9-11-15)18(4,5)17(2,3)16(14)20;/h7-11,14H,12-13H2,1-6H3;1H/q+1;/p-1. The van der Waals surface area contributed by atoms with Crippen molar-refractivity contribution in [3.8, 4) is 0 Å². The molecule has 0 spiro atoms. The normalized spacial score (nSPS) is 30.6. The highest BCUT2D eigenvalue weighted by molar-refractivity contribution is 5.88. The van der Waals surface area contributed by atoms with Crippen LogP contribution in [0.25, 0.3) is 0 Å². The van der Waals surface area contributed by atoms with E-state index < -0.39 is 0 Å². The average molecular weight is 310 g/mol. The second-order valence-electron chi connectivity index (χ2n) is 7.67. The summed E-state index contributed by atoms with van der Waals surface area (Å²) in [5.74, 6) is 0.540. The molecule has 0 saturated carbocycles. The summed E-state index contributed by atoms with van der Waals surface area (Å²) in [5.41, 5.74) is 0.973. The molecule has 2 unspecified atom stereocenters. The number of hydrogen-bond acceptors (Lipinski definition) is 1. The lowest BCUT2D eigenvalue weighted by Gasteiger charge is -2.59. The molecule has 1 saturated heterocycles. The van der Waals surface area contributed by atoms with E-state index in [9.17, 15) is 4.79 Å². The van der Waals surface area contributed by atoms with Crippen LogP contribution < -0.4 is 12.4 Å². The first-order valence-electron chi connectivity index (χ1n) is 7.55. The summed E-state index contributed by atoms with van der Waals surface area (Å²) in [6.07, 6.45) is 0. The Morgan fingerprint density at radius 2 is 1.67 bits per heavy atom. The van der Waals surface area contributed by atoms with Crippen LogP contribution in [0, 0.1) is 11.3 Å². The SMILES string of the molecule is CC1C[N+](C)(Cc2ccccc2)C(C)(C)C(C)(C)C1=O.[Cl-]. The number of halogens is 1. The molecule has 0 N–H and O–H groups in total. The Kier molecular flexibility index (Phi) is 4.97. The molecule has 1 aliphatic rings. The first-order chi connectivity index (χ1) is 9.12. The Hall–Kier alpha value is -0.860. The number of quaternary nitrogens is 1. The van der Waals surface area contributed by atoms with Crippen LogP contribution in [0.1, 0.15) is 40.2 Å². The summed E-state index contributed by atoms with van der Waals surface area (Å²) in [6, 6.07) is 10.6. The van der Waals surface area contributed by atoms with Gasteiger partial charge in [0, 0.05) is 5.56 Å². The molecule has 1 fully saturated rings. The van der Waals surface area contributed by atoms with Crippen molar-refractivity contribution in [1.29, 1.82) is 0 Å². The van der Waals surface area contributed by atoms with Crippen molar-refractivity contribution in [3.63, 3.8) is 0 Å². The van der Waals surface area contributed by atoms with Crippen molar-refractivity contribution >= 4 is 5.78 Å². The molecule has 1 aliphatic heterocycles. The highest BCUT2D eigenvalue weighted by Crippen LogP contribution is 2.47. The number of piperidine rings is 1. The fourth-order valence-corrected chi connectivity index (χ4v) is 3.76. The number of nitrogens with zero attached hydrogens (tertiary/aromatic N) is 1. The van der Waals surface area contributed by atoms with E-state index in [1.807, 2.05) is 0 Å². The van der Waals surface area contributed by atoms with E-state index in [1.54, 1.807) is 0 Å². The quantitative estimate of drug-likeness (QED) is 0.734. The fourth-order valence-electron chi connectivity index (χ4n) is 3.76. The molecule has 2 atom stereocenters. The van der Waals surface area contributed by atoms with E-state index in [2.05, 4.69) is 72.0 Å². The molecule has 21 heavy (non-hydrogen) atoms. The first kappa shape index (κ1) is 18.2. The Balaban J connectivity index is 0.00000220. The molecule has 2 nitrogen and oxygen atoms in total. The minimum absolute atomic E-state index is 0. The van der Waals surface area contributed by atoms with Crippen LogP contribution in [0.2, 0.25) is 0 Å². The van der Waals surface area contributed by atoms with E-state index in [0.717, 1.165) is 17.6 Å². The van der Waals surface area contributed by atoms with Gasteiger partial charge in [-0.15, -0.1) is 0 Å². The lowest BCUT2D eigenvalue weighted by atomic mass is 9.63. The number of ketones is 1. The summed E-state index contributed by atoms with van der Waals surface area (Å²) in [6.45, 7) is 12.7. The predicted octanol–water partition coefficient (Wildman–Crippen LogP) is 0.661. The number of benzene rings is 1. The van der Waals surface area contributed by atoms with Gasteiger partial charge in [-0.05, 0) is 27.7 Å². The highest BCUT2D eigenvalue weighted by Gasteiger charge is 2.60. The maximum absolute atomic E-state index is 12.6. The maximum atomic E-state index is 12.6. The first-order valence-corrected chi connectivity index (χ1v) is 7.55. The molecule has 118 valence electrons. The maximum Gasteiger partial charge on any atom is 0.153 e. The largest absolute Gasteiger partial charge is 1.00 e. The number of likely N-dealkylation sites (tertiary alicyclic amines) is 1. The third kappa shape index (κ3) is 2.76. The summed E-state index contributed by atoms with van der Waals surface area (Å²) in [4.78, 5) is 12.6. The lowest BCUT2D eigenvalue weighted by Crippen LogP contribution is -3.00. The molecular weight excluding hydrogens is 282 g/mol. The smallest absolute Gasteiger partial charge is 0.153 e. The Morgan fingerprint density at radius 1 is 1.14 bits per heavy atom. The van der Waals surface area contributed by atoms with Crippen LogP contribution in [0.15, 0.2) is 30.3 Å². The molecule has 0 aromatic heterocycles. The summed E-state index contributed by atoms with van der Waals surface area (Å²) >= 11 is 0. The number of carbonyl (C=O) groups is 1. The van der Waals surface area contributed by atoms with Gasteiger partial charge in [0.15, 0.2) is 5.78 Å². The fraction of sp³-hybridized carbons (Fsp3) is 0.611. The number of hydrogen-bond donors (Lipinski definition) is 0. The van der Waals surface area contributed by atoms with Gasteiger partial charge in [-0.2, -0.15) is 0 Å². The zero-order valence-corrected chi connectivity index (χ0v) is 14.9. The molecule has 0 amide bonds. The van der Waals surface area contributed by atoms with E-state index in [0.29, 0.717) is 5.78 Å². The molecule has 0 radical (unpaired) electrons. The van der Waals surface area contributed by atoms with Crippen LogP contribution in [0.5, 0.6) is 0 Å². The summed E-state index contributed by atoms with van der Waals surface area (Å²) in [5, 5.41) is 0. The highest BCUT2D eigenvalue weighted by atomic mass is 35.5. The topological polar surface area (TPSA) is 17.1 Å². The van der Waals surface area contributed by atoms with Gasteiger partial charge in [0.1, 0.15) is 12.1 Å². The second kappa shape index (κ2) is 5.73. The van der Waals surface area contributed by atoms with E-state index >= 15 is 0 Å². The summed E-state index contributed by atoms with van der Waals surface area (Å²) < 4.78 is 0.914. The molecule has 0 aliphatic carbocycles. The van der Waals surface area contributed by atoms with Crippen LogP contribution in [-0.4, -0.2) is 29.4 Å². The lowest BCUT2D eigenvalue weighted by molar-refractivity contribution is -0.979. The third-order valence-corrected chi connectivity index (χ3v) is 5.99. The van der Waals surface area contributed by atoms with E-state index in [4.69, 9.17) is 0 Å². The molecule has 1 aromatic carbocycles. The van der Waals surface area contributed by atoms with Crippen LogP contribution in [0.3, 0.4) is 0 Å². The van der Waals surface area contributed by atoms with E-state index in [-0.39, 0.29) is 29.3 Å². The molecule has 3 heteroatoms. The van der Waals surface area contributed by atoms with Crippen LogP contribution in [-0.2, 0) is 11.3 Å². The minimum Gasteiger partial charge on any atom is -1.00 e. The Morgan fingerprint density at radius 3 is 2.19 bits per heavy atom. The number of Topliss-reactive ketones (excluding diaryl/α,β-unsaturated/α-hetero) is 1. The molecular formula is C18H28ClNO. The predicted molar refractivity (Wildman–Crippen MR) is 83.2 cm³/mol. The Bertz CT molecular complexity index is 509. The van der Waals surface area contributed by atoms with Crippen LogP contribution in [0.4, 0.5) is 0 Å². The van der Waals surface area contributed by atoms with Gasteiger partial charge in [-0.25, -0.2) is 0 Å². The van der Waals surface area contributed by atoms with Gasteiger partial charge in [0.2, 0.25) is 0 Å². The van der Waals surface area contributed by atoms with Gasteiger partial charge < -0.3 is 16.9 Å². The van der Waals surface area contributed by atoms with Gasteiger partial charge >= 0.3 is 0 Å². The molecule has 1 heterocycles. The average Bonchev–Trinajstić information content (AvgIpc) is 2.37. The zero-order chi connectivity index (χ0) is 15.2. The zero-order valence-electron chi connectivity index (χ0n) is 14.1. The molecule has 0 bridgehead atoms. The van der Waals surface area contributed by atoms with Gasteiger partial charge in [-0.3, -0.25) is 4.79 Å². The van der Waals surface area contributed by atoms with Gasteiger partial charge in [-0.1, -0.05) is 37.3 Å². The van der Waals surface area contributed by atoms with Gasteiger partial charge in [0.25, 0.3) is 0 Å². The van der Waals surface area contributed by atoms with Crippen molar-refractivity contribution in [2.75, 3.05) is 13.6 Å². The van der Waals surface area contributed by atoms with Crippen molar-refractivity contribution < 1.29 is 21.7 Å². The van der Waals surface area contributed by atoms with E-state index in [1.165, 1.54) is 5.56 Å². The molecule has 2 rings (SSSR count). The number of carbonyl (C=O) groups excluding carboxylic acids is 1. The van der Waals surface area contributed by atoms with Crippen molar-refractivity contribution in [2.45, 2.75) is 46.7 Å². The van der Waals surface area contributed by atoms with Gasteiger partial charge in [0.05, 0.1) is 24.9 Å². The monoisotopic (exact) mass is 309 g/mol. The third-order valence-electron chi connectivity index (χ3n) is 5.99. The van der Waals surface area contributed by atoms with Crippen molar-refractivity contribution in [2.24, 2.45) is 11.3 Å². The van der Waals surface area contributed by atoms with Crippen molar-refractivity contribution in [3.05, 3.63) is 35.9 Å². The minimum atomic E-state index is -0.297. The van der Waals surface area contributed by atoms with Crippen LogP contribution >= 0.6 is 0 Å². The second-order valence-corrected chi connectivity index (χ2v) is 7.67. The van der Waals surface area contributed by atoms with Crippen molar-refractivity contribution in [1.82, 2.24) is 0 Å². The number of rotatable bonds is 2. The molecule has 1 aromatic rings. The summed E-state index contributed by atoms with van der Waals surface area (Å²) in [7, 11) is 2.30.